The summed E-state index contributed by atoms with van der Waals surface area (Å²) in [4.78, 5) is 17.2. The lowest BCUT2D eigenvalue weighted by Crippen LogP contribution is -2.10. The Hall–Kier alpha value is -4.50. The van der Waals surface area contributed by atoms with E-state index >= 15 is 0 Å². The van der Waals surface area contributed by atoms with Crippen molar-refractivity contribution in [2.24, 2.45) is 0 Å². The summed E-state index contributed by atoms with van der Waals surface area (Å²) >= 11 is 0. The highest BCUT2D eigenvalue weighted by molar-refractivity contribution is 6.16. The van der Waals surface area contributed by atoms with Crippen LogP contribution in [0.4, 0.5) is 11.4 Å². The molecule has 5 aromatic rings. The van der Waals surface area contributed by atoms with Gasteiger partial charge in [-0.3, -0.25) is 4.79 Å². The van der Waals surface area contributed by atoms with Crippen LogP contribution in [-0.2, 0) is 6.42 Å². The summed E-state index contributed by atoms with van der Waals surface area (Å²) in [5.41, 5.74) is 9.37. The Labute approximate surface area is 242 Å². The molecule has 0 radical (unpaired) electrons. The van der Waals surface area contributed by atoms with Crippen molar-refractivity contribution in [3.8, 4) is 0 Å². The van der Waals surface area contributed by atoms with Crippen LogP contribution >= 0.6 is 0 Å². The van der Waals surface area contributed by atoms with Crippen LogP contribution in [0.1, 0.15) is 66.4 Å². The maximum Gasteiger partial charge on any atom is 0.193 e. The number of aromatic nitrogens is 1. The average Bonchev–Trinajstić information content (AvgIpc) is 3.01. The number of aryl methyl sites for hydroxylation is 1. The van der Waals surface area contributed by atoms with Gasteiger partial charge in [-0.2, -0.15) is 0 Å². The van der Waals surface area contributed by atoms with Crippen molar-refractivity contribution >= 4 is 44.5 Å². The predicted octanol–water partition coefficient (Wildman–Crippen LogP) is 10.2. The molecule has 0 amide bonds. The van der Waals surface area contributed by atoms with Crippen LogP contribution in [0.5, 0.6) is 0 Å². The average molecular weight is 537 g/mol. The van der Waals surface area contributed by atoms with E-state index in [-0.39, 0.29) is 5.78 Å². The third-order valence-corrected chi connectivity index (χ3v) is 8.13. The summed E-state index contributed by atoms with van der Waals surface area (Å²) < 4.78 is 0. The number of hydrogen-bond donors (Lipinski definition) is 1. The normalized spacial score (nSPS) is 12.9. The van der Waals surface area contributed by atoms with Gasteiger partial charge in [0.05, 0.1) is 16.7 Å². The van der Waals surface area contributed by atoms with Crippen LogP contribution in [0.3, 0.4) is 0 Å². The maximum atomic E-state index is 12.4. The van der Waals surface area contributed by atoms with Gasteiger partial charge in [-0.15, -0.1) is 0 Å². The third-order valence-electron chi connectivity index (χ3n) is 8.13. The maximum absolute atomic E-state index is 12.4. The van der Waals surface area contributed by atoms with Crippen LogP contribution < -0.4 is 5.32 Å². The smallest absolute Gasteiger partial charge is 0.193 e. The zero-order valence-corrected chi connectivity index (χ0v) is 23.5. The number of rotatable bonds is 11. The number of allylic oxidation sites excluding steroid dienone is 3. The minimum absolute atomic E-state index is 0.0613. The highest BCUT2D eigenvalue weighted by Crippen LogP contribution is 2.34. The molecule has 0 bridgehead atoms. The number of pyridine rings is 1. The van der Waals surface area contributed by atoms with E-state index in [1.54, 1.807) is 0 Å². The van der Waals surface area contributed by atoms with Gasteiger partial charge in [0.1, 0.15) is 0 Å². The van der Waals surface area contributed by atoms with Crippen LogP contribution in [-0.4, -0.2) is 10.8 Å². The largest absolute Gasteiger partial charge is 0.354 e. The standard InChI is InChI=1S/C38H36N2O/c1-27-26-29(31-16-8-9-17-32(31)38(27)41)15-7-5-3-2-4-6-14-28-22-24-30(25-23-28)39-37-33-18-10-12-20-35(33)40-36-21-13-11-19-34(36)37/h8-13,16-26H,1-7,14-15H2,(H,39,40). The minimum atomic E-state index is 0.0613. The van der Waals surface area contributed by atoms with Crippen molar-refractivity contribution in [3.63, 3.8) is 0 Å². The van der Waals surface area contributed by atoms with Crippen molar-refractivity contribution in [2.45, 2.75) is 51.4 Å². The molecule has 0 fully saturated rings. The van der Waals surface area contributed by atoms with Crippen molar-refractivity contribution in [3.05, 3.63) is 132 Å². The monoisotopic (exact) mass is 536 g/mol. The Kier molecular flexibility index (Phi) is 8.04. The minimum Gasteiger partial charge on any atom is -0.354 e. The molecule has 0 aliphatic heterocycles. The first kappa shape index (κ1) is 26.7. The van der Waals surface area contributed by atoms with Gasteiger partial charge in [0.2, 0.25) is 0 Å². The molecule has 3 heteroatoms. The molecular formula is C38H36N2O. The fourth-order valence-corrected chi connectivity index (χ4v) is 5.92. The number of Topliss-reactive ketones (excluding diaryl/α,β-unsaturated/α-hetero) is 1. The summed E-state index contributed by atoms with van der Waals surface area (Å²) in [6, 6.07) is 33.5. The molecule has 4 aromatic carbocycles. The van der Waals surface area contributed by atoms with E-state index in [1.165, 1.54) is 43.2 Å². The van der Waals surface area contributed by atoms with Crippen molar-refractivity contribution < 1.29 is 4.79 Å². The summed E-state index contributed by atoms with van der Waals surface area (Å²) in [5.74, 6) is 0.0613. The molecule has 41 heavy (non-hydrogen) atoms. The second kappa shape index (κ2) is 12.3. The molecule has 1 N–H and O–H groups in total. The van der Waals surface area contributed by atoms with Crippen molar-refractivity contribution in [2.75, 3.05) is 5.32 Å². The first-order valence-electron chi connectivity index (χ1n) is 14.8. The Morgan fingerprint density at radius 2 is 1.17 bits per heavy atom. The highest BCUT2D eigenvalue weighted by Gasteiger charge is 2.20. The van der Waals surface area contributed by atoms with Gasteiger partial charge >= 0.3 is 0 Å². The van der Waals surface area contributed by atoms with Crippen LogP contribution in [0, 0.1) is 0 Å². The number of hydrogen-bond acceptors (Lipinski definition) is 3. The Morgan fingerprint density at radius 3 is 1.85 bits per heavy atom. The van der Waals surface area contributed by atoms with Gasteiger partial charge in [0.25, 0.3) is 0 Å². The highest BCUT2D eigenvalue weighted by atomic mass is 16.1. The number of carbonyl (C=O) groups is 1. The number of fused-ring (bicyclic) bond motifs is 3. The quantitative estimate of drug-likeness (QED) is 0.104. The zero-order valence-electron chi connectivity index (χ0n) is 23.5. The lowest BCUT2D eigenvalue weighted by molar-refractivity contribution is 0.103. The number of para-hydroxylation sites is 2. The summed E-state index contributed by atoms with van der Waals surface area (Å²) in [7, 11) is 0. The fraction of sp³-hybridized carbons (Fsp3) is 0.211. The Bertz CT molecular complexity index is 1690. The number of nitrogens with zero attached hydrogens (tertiary/aromatic N) is 1. The second-order valence-electron chi connectivity index (χ2n) is 11.0. The van der Waals surface area contributed by atoms with Gasteiger partial charge in [-0.1, -0.05) is 105 Å². The lowest BCUT2D eigenvalue weighted by Gasteiger charge is -2.18. The first-order chi connectivity index (χ1) is 20.2. The summed E-state index contributed by atoms with van der Waals surface area (Å²) in [5, 5.41) is 5.95. The molecule has 1 aliphatic carbocycles. The fourth-order valence-electron chi connectivity index (χ4n) is 5.92. The van der Waals surface area contributed by atoms with Gasteiger partial charge in [0, 0.05) is 27.6 Å². The summed E-state index contributed by atoms with van der Waals surface area (Å²) in [6.07, 6.45) is 11.5. The van der Waals surface area contributed by atoms with Crippen LogP contribution in [0.2, 0.25) is 0 Å². The number of unbranched alkanes of at least 4 members (excludes halogenated alkanes) is 5. The van der Waals surface area contributed by atoms with Crippen LogP contribution in [0.25, 0.3) is 27.4 Å². The van der Waals surface area contributed by atoms with Gasteiger partial charge in [-0.05, 0) is 72.7 Å². The van der Waals surface area contributed by atoms with E-state index in [9.17, 15) is 4.79 Å². The molecule has 6 rings (SSSR count). The number of anilines is 2. The molecule has 1 heterocycles. The molecule has 204 valence electrons. The first-order valence-corrected chi connectivity index (χ1v) is 14.8. The second-order valence-corrected chi connectivity index (χ2v) is 11.0. The van der Waals surface area contributed by atoms with E-state index in [2.05, 4.69) is 78.6 Å². The molecule has 0 spiro atoms. The topological polar surface area (TPSA) is 42.0 Å². The molecule has 0 saturated heterocycles. The van der Waals surface area contributed by atoms with Gasteiger partial charge < -0.3 is 5.32 Å². The number of carbonyl (C=O) groups excluding carboxylic acids is 1. The molecule has 0 unspecified atom stereocenters. The molecule has 0 atom stereocenters. The molecule has 3 nitrogen and oxygen atoms in total. The Balaban J connectivity index is 0.957. The van der Waals surface area contributed by atoms with Gasteiger partial charge in [-0.25, -0.2) is 4.98 Å². The SMILES string of the molecule is C=C1C=C(CCCCCCCCc2ccc(Nc3c4ccccc4nc4ccccc34)cc2)c2ccccc2C1=O. The van der Waals surface area contributed by atoms with E-state index in [1.807, 2.05) is 36.4 Å². The lowest BCUT2D eigenvalue weighted by atomic mass is 9.85. The molecule has 1 aliphatic rings. The zero-order chi connectivity index (χ0) is 28.0. The Morgan fingerprint density at radius 1 is 0.610 bits per heavy atom. The summed E-state index contributed by atoms with van der Waals surface area (Å²) in [6.45, 7) is 3.96. The van der Waals surface area contributed by atoms with Crippen molar-refractivity contribution in [1.29, 1.82) is 0 Å². The third kappa shape index (κ3) is 6.00. The predicted molar refractivity (Wildman–Crippen MR) is 173 cm³/mol. The molecule has 1 aromatic heterocycles. The van der Waals surface area contributed by atoms with Gasteiger partial charge in [0.15, 0.2) is 5.78 Å². The molecule has 0 saturated carbocycles. The van der Waals surface area contributed by atoms with Crippen LogP contribution in [0.15, 0.2) is 115 Å². The number of ketones is 1. The van der Waals surface area contributed by atoms with E-state index in [0.29, 0.717) is 5.57 Å². The van der Waals surface area contributed by atoms with E-state index < -0.39 is 0 Å². The van der Waals surface area contributed by atoms with Crippen molar-refractivity contribution in [1.82, 2.24) is 4.98 Å². The molecular weight excluding hydrogens is 500 g/mol. The number of nitrogens with one attached hydrogen (secondary N) is 1. The number of benzene rings is 4. The van der Waals surface area contributed by atoms with E-state index in [4.69, 9.17) is 4.98 Å². The van der Waals surface area contributed by atoms with E-state index in [0.717, 1.165) is 63.6 Å².